The molecule has 0 atom stereocenters. The second-order valence-electron chi connectivity index (χ2n) is 4.43. The molecule has 3 aromatic rings. The number of sulfonamides is 1. The van der Waals surface area contributed by atoms with Gasteiger partial charge < -0.3 is 10.5 Å². The van der Waals surface area contributed by atoms with E-state index in [1.165, 1.54) is 4.52 Å². The third-order valence-electron chi connectivity index (χ3n) is 2.80. The van der Waals surface area contributed by atoms with Crippen LogP contribution in [0.4, 0.5) is 0 Å². The minimum absolute atomic E-state index is 0.160. The SMILES string of the molecule is NCCOc1ccc(-c2cn3nc(S(N)(=O)=O)sc3n2)cc1. The molecule has 0 aliphatic rings. The van der Waals surface area contributed by atoms with E-state index < -0.39 is 10.0 Å². The van der Waals surface area contributed by atoms with Gasteiger partial charge in [-0.2, -0.15) is 0 Å². The molecule has 3 rings (SSSR count). The van der Waals surface area contributed by atoms with E-state index in [9.17, 15) is 8.42 Å². The number of aromatic nitrogens is 3. The van der Waals surface area contributed by atoms with Crippen molar-refractivity contribution in [3.05, 3.63) is 30.5 Å². The van der Waals surface area contributed by atoms with Crippen molar-refractivity contribution in [2.45, 2.75) is 4.34 Å². The van der Waals surface area contributed by atoms with Crippen molar-refractivity contribution in [1.29, 1.82) is 0 Å². The maximum absolute atomic E-state index is 11.2. The molecule has 0 saturated carbocycles. The number of benzene rings is 1. The van der Waals surface area contributed by atoms with Crippen molar-refractivity contribution in [3.63, 3.8) is 0 Å². The first-order valence-corrected chi connectivity index (χ1v) is 8.66. The lowest BCUT2D eigenvalue weighted by molar-refractivity contribution is 0.328. The molecular formula is C12H13N5O3S2. The molecule has 4 N–H and O–H groups in total. The molecule has 2 heterocycles. The second-order valence-corrected chi connectivity index (χ2v) is 7.12. The van der Waals surface area contributed by atoms with Gasteiger partial charge in [-0.3, -0.25) is 0 Å². The fourth-order valence-electron chi connectivity index (χ4n) is 1.83. The molecule has 0 unspecified atom stereocenters. The highest BCUT2D eigenvalue weighted by Gasteiger charge is 2.17. The van der Waals surface area contributed by atoms with Gasteiger partial charge in [0.2, 0.25) is 9.30 Å². The average molecular weight is 339 g/mol. The molecule has 0 fully saturated rings. The summed E-state index contributed by atoms with van der Waals surface area (Å²) in [5.74, 6) is 0.727. The number of rotatable bonds is 5. The molecular weight excluding hydrogens is 326 g/mol. The van der Waals surface area contributed by atoms with Crippen LogP contribution in [0, 0.1) is 0 Å². The van der Waals surface area contributed by atoms with Gasteiger partial charge in [-0.1, -0.05) is 11.3 Å². The number of hydrogen-bond acceptors (Lipinski definition) is 7. The Labute approximate surface area is 130 Å². The van der Waals surface area contributed by atoms with E-state index >= 15 is 0 Å². The van der Waals surface area contributed by atoms with Crippen LogP contribution in [-0.2, 0) is 10.0 Å². The summed E-state index contributed by atoms with van der Waals surface area (Å²) in [5, 5.41) is 8.95. The van der Waals surface area contributed by atoms with Gasteiger partial charge >= 0.3 is 0 Å². The number of imidazole rings is 1. The van der Waals surface area contributed by atoms with Crippen LogP contribution < -0.4 is 15.6 Å². The molecule has 0 saturated heterocycles. The maximum atomic E-state index is 11.2. The highest BCUT2D eigenvalue weighted by atomic mass is 32.2. The lowest BCUT2D eigenvalue weighted by atomic mass is 10.2. The Morgan fingerprint density at radius 2 is 2.00 bits per heavy atom. The van der Waals surface area contributed by atoms with Crippen LogP contribution in [0.3, 0.4) is 0 Å². The monoisotopic (exact) mass is 339 g/mol. The van der Waals surface area contributed by atoms with Crippen LogP contribution in [0.15, 0.2) is 34.8 Å². The van der Waals surface area contributed by atoms with E-state index in [0.717, 1.165) is 22.6 Å². The molecule has 116 valence electrons. The highest BCUT2D eigenvalue weighted by molar-refractivity contribution is 7.91. The summed E-state index contributed by atoms with van der Waals surface area (Å²) in [6.45, 7) is 0.914. The first-order chi connectivity index (χ1) is 10.5. The van der Waals surface area contributed by atoms with Crippen molar-refractivity contribution in [2.75, 3.05) is 13.2 Å². The van der Waals surface area contributed by atoms with Crippen LogP contribution >= 0.6 is 11.3 Å². The van der Waals surface area contributed by atoms with Gasteiger partial charge in [0.25, 0.3) is 10.0 Å². The third kappa shape index (κ3) is 2.95. The Balaban J connectivity index is 1.88. The molecule has 0 bridgehead atoms. The first kappa shape index (κ1) is 14.9. The van der Waals surface area contributed by atoms with E-state index in [4.69, 9.17) is 15.6 Å². The van der Waals surface area contributed by atoms with Gasteiger partial charge in [0.15, 0.2) is 0 Å². The zero-order valence-corrected chi connectivity index (χ0v) is 13.0. The zero-order chi connectivity index (χ0) is 15.7. The smallest absolute Gasteiger partial charge is 0.267 e. The van der Waals surface area contributed by atoms with E-state index in [1.807, 2.05) is 24.3 Å². The minimum atomic E-state index is -3.81. The largest absolute Gasteiger partial charge is 0.492 e. The van der Waals surface area contributed by atoms with Crippen LogP contribution in [0.5, 0.6) is 5.75 Å². The summed E-state index contributed by atoms with van der Waals surface area (Å²) in [7, 11) is -3.81. The Kier molecular flexibility index (Phi) is 3.83. The Morgan fingerprint density at radius 1 is 1.27 bits per heavy atom. The van der Waals surface area contributed by atoms with Crippen molar-refractivity contribution < 1.29 is 13.2 Å². The zero-order valence-electron chi connectivity index (χ0n) is 11.3. The molecule has 0 aliphatic carbocycles. The molecule has 0 amide bonds. The van der Waals surface area contributed by atoms with E-state index in [-0.39, 0.29) is 4.34 Å². The molecule has 22 heavy (non-hydrogen) atoms. The summed E-state index contributed by atoms with van der Waals surface area (Å²) in [5.41, 5.74) is 6.93. The summed E-state index contributed by atoms with van der Waals surface area (Å²) in [4.78, 5) is 4.81. The Hall–Kier alpha value is -2.01. The number of primary sulfonamides is 1. The lowest BCUT2D eigenvalue weighted by Gasteiger charge is -2.04. The van der Waals surface area contributed by atoms with Crippen molar-refractivity contribution in [1.82, 2.24) is 14.6 Å². The van der Waals surface area contributed by atoms with Crippen LogP contribution in [-0.4, -0.2) is 36.2 Å². The van der Waals surface area contributed by atoms with Crippen molar-refractivity contribution in [2.24, 2.45) is 10.9 Å². The molecule has 0 spiro atoms. The predicted octanol–water partition coefficient (Wildman–Crippen LogP) is 0.443. The summed E-state index contributed by atoms with van der Waals surface area (Å²) >= 11 is 0.923. The van der Waals surface area contributed by atoms with Crippen LogP contribution in [0.2, 0.25) is 0 Å². The topological polar surface area (TPSA) is 126 Å². The van der Waals surface area contributed by atoms with Gasteiger partial charge in [-0.25, -0.2) is 23.1 Å². The van der Waals surface area contributed by atoms with Gasteiger partial charge in [-0.15, -0.1) is 5.10 Å². The van der Waals surface area contributed by atoms with Crippen molar-refractivity contribution in [3.8, 4) is 17.0 Å². The average Bonchev–Trinajstić information content (AvgIpc) is 3.03. The highest BCUT2D eigenvalue weighted by Crippen LogP contribution is 2.25. The van der Waals surface area contributed by atoms with E-state index in [2.05, 4.69) is 10.1 Å². The molecule has 1 aromatic carbocycles. The fraction of sp³-hybridized carbons (Fsp3) is 0.167. The number of fused-ring (bicyclic) bond motifs is 1. The Morgan fingerprint density at radius 3 is 2.59 bits per heavy atom. The molecule has 0 aliphatic heterocycles. The van der Waals surface area contributed by atoms with Gasteiger partial charge in [0.05, 0.1) is 11.9 Å². The minimum Gasteiger partial charge on any atom is -0.492 e. The molecule has 2 aromatic heterocycles. The van der Waals surface area contributed by atoms with E-state index in [0.29, 0.717) is 23.8 Å². The van der Waals surface area contributed by atoms with Crippen LogP contribution in [0.25, 0.3) is 16.2 Å². The lowest BCUT2D eigenvalue weighted by Crippen LogP contribution is -2.12. The predicted molar refractivity (Wildman–Crippen MR) is 82.2 cm³/mol. The number of nitrogens with zero attached hydrogens (tertiary/aromatic N) is 3. The summed E-state index contributed by atoms with van der Waals surface area (Å²) in [6.07, 6.45) is 1.65. The molecule has 10 heteroatoms. The molecule has 8 nitrogen and oxygen atoms in total. The van der Waals surface area contributed by atoms with E-state index in [1.54, 1.807) is 6.20 Å². The quantitative estimate of drug-likeness (QED) is 0.695. The van der Waals surface area contributed by atoms with Gasteiger partial charge in [0.1, 0.15) is 12.4 Å². The van der Waals surface area contributed by atoms with Crippen molar-refractivity contribution >= 4 is 26.3 Å². The van der Waals surface area contributed by atoms with Gasteiger partial charge in [-0.05, 0) is 24.3 Å². The first-order valence-electron chi connectivity index (χ1n) is 6.30. The number of nitrogens with two attached hydrogens (primary N) is 2. The molecule has 0 radical (unpaired) electrons. The fourth-order valence-corrected chi connectivity index (χ4v) is 3.34. The number of hydrogen-bond donors (Lipinski definition) is 2. The van der Waals surface area contributed by atoms with Gasteiger partial charge in [0, 0.05) is 12.1 Å². The normalized spacial score (nSPS) is 11.9. The maximum Gasteiger partial charge on any atom is 0.267 e. The third-order valence-corrected chi connectivity index (χ3v) is 5.04. The Bertz CT molecular complexity index is 867. The second kappa shape index (κ2) is 5.65. The van der Waals surface area contributed by atoms with Crippen LogP contribution in [0.1, 0.15) is 0 Å². The summed E-state index contributed by atoms with van der Waals surface area (Å²) < 4.78 is 29.1. The summed E-state index contributed by atoms with van der Waals surface area (Å²) in [6, 6.07) is 7.36. The standard InChI is InChI=1S/C12H13N5O3S2/c13-5-6-20-9-3-1-8(2-4-9)10-7-17-11(15-10)21-12(16-17)22(14,18)19/h1-4,7H,5-6,13H2,(H2,14,18,19). The number of ether oxygens (including phenoxy) is 1.